The Morgan fingerprint density at radius 3 is 2.59 bits per heavy atom. The van der Waals surface area contributed by atoms with Gasteiger partial charge in [-0.25, -0.2) is 9.69 Å². The van der Waals surface area contributed by atoms with Crippen LogP contribution in [0.25, 0.3) is 5.70 Å². The van der Waals surface area contributed by atoms with Crippen LogP contribution in [0.4, 0.5) is 0 Å². The van der Waals surface area contributed by atoms with Crippen LogP contribution in [0.2, 0.25) is 0 Å². The molecule has 8 nitrogen and oxygen atoms in total. The van der Waals surface area contributed by atoms with Crippen LogP contribution >= 0.6 is 11.8 Å². The van der Waals surface area contributed by atoms with Crippen molar-refractivity contribution in [3.05, 3.63) is 71.8 Å². The lowest BCUT2D eigenvalue weighted by atomic mass is 10.0. The number of thioether (sulfide) groups is 1. The highest BCUT2D eigenvalue weighted by molar-refractivity contribution is 7.99. The third-order valence-electron chi connectivity index (χ3n) is 4.56. The number of nitrogens with zero attached hydrogens (tertiary/aromatic N) is 5. The molecule has 0 radical (unpaired) electrons. The molecule has 1 amide bonds. The molecule has 1 N–H and O–H groups in total. The number of ether oxygens (including phenoxy) is 1. The summed E-state index contributed by atoms with van der Waals surface area (Å²) in [5.41, 5.74) is 6.17. The first-order chi connectivity index (χ1) is 14.2. The van der Waals surface area contributed by atoms with E-state index in [1.54, 1.807) is 23.8 Å². The maximum atomic E-state index is 13.0. The van der Waals surface area contributed by atoms with E-state index in [1.807, 2.05) is 54.6 Å². The van der Waals surface area contributed by atoms with E-state index in [-0.39, 0.29) is 17.7 Å². The Morgan fingerprint density at radius 2 is 1.93 bits per heavy atom. The minimum atomic E-state index is -0.234. The van der Waals surface area contributed by atoms with Gasteiger partial charge in [-0.2, -0.15) is 0 Å². The molecule has 0 bridgehead atoms. The summed E-state index contributed by atoms with van der Waals surface area (Å²) < 4.78 is 6.80. The smallest absolute Gasteiger partial charge is 0.252 e. The SMILES string of the molecule is COc1ccc([C@@H]2C=C(c3ccccc3)NN2C(=O)CSc2nnnn2C)cc1. The van der Waals surface area contributed by atoms with E-state index in [0.717, 1.165) is 22.6 Å². The van der Waals surface area contributed by atoms with Crippen LogP contribution in [0.5, 0.6) is 5.75 Å². The Labute approximate surface area is 172 Å². The number of amides is 1. The molecular weight excluding hydrogens is 388 g/mol. The molecule has 29 heavy (non-hydrogen) atoms. The Bertz CT molecular complexity index is 1020. The Morgan fingerprint density at radius 1 is 1.17 bits per heavy atom. The fourth-order valence-electron chi connectivity index (χ4n) is 3.05. The Balaban J connectivity index is 1.58. The van der Waals surface area contributed by atoms with Crippen LogP contribution in [-0.4, -0.2) is 44.0 Å². The van der Waals surface area contributed by atoms with Crippen LogP contribution < -0.4 is 10.2 Å². The molecule has 1 aliphatic rings. The van der Waals surface area contributed by atoms with Gasteiger partial charge >= 0.3 is 0 Å². The highest BCUT2D eigenvalue weighted by Crippen LogP contribution is 2.32. The predicted octanol–water partition coefficient (Wildman–Crippen LogP) is 2.44. The van der Waals surface area contributed by atoms with E-state index in [4.69, 9.17) is 4.74 Å². The number of tetrazole rings is 1. The van der Waals surface area contributed by atoms with E-state index in [2.05, 4.69) is 27.0 Å². The second-order valence-electron chi connectivity index (χ2n) is 6.41. The van der Waals surface area contributed by atoms with Gasteiger partial charge < -0.3 is 4.74 Å². The van der Waals surface area contributed by atoms with Gasteiger partial charge in [0.15, 0.2) is 0 Å². The number of benzene rings is 2. The molecule has 2 heterocycles. The summed E-state index contributed by atoms with van der Waals surface area (Å²) in [4.78, 5) is 13.0. The normalized spacial score (nSPS) is 15.7. The van der Waals surface area contributed by atoms with Gasteiger partial charge in [0.05, 0.1) is 24.6 Å². The van der Waals surface area contributed by atoms with E-state index in [1.165, 1.54) is 11.8 Å². The van der Waals surface area contributed by atoms with Crippen molar-refractivity contribution in [1.29, 1.82) is 0 Å². The monoisotopic (exact) mass is 408 g/mol. The van der Waals surface area contributed by atoms with Crippen LogP contribution in [0.15, 0.2) is 65.8 Å². The molecule has 0 fully saturated rings. The van der Waals surface area contributed by atoms with Gasteiger partial charge in [0.25, 0.3) is 5.91 Å². The first-order valence-electron chi connectivity index (χ1n) is 9.01. The molecule has 9 heteroatoms. The number of carbonyl (C=O) groups is 1. The number of carbonyl (C=O) groups excluding carboxylic acids is 1. The Hall–Kier alpha value is -3.33. The second-order valence-corrected chi connectivity index (χ2v) is 7.36. The van der Waals surface area contributed by atoms with Gasteiger partial charge in [0.1, 0.15) is 5.75 Å². The van der Waals surface area contributed by atoms with Gasteiger partial charge in [-0.3, -0.25) is 10.2 Å². The van der Waals surface area contributed by atoms with Crippen LogP contribution in [0.1, 0.15) is 17.2 Å². The maximum Gasteiger partial charge on any atom is 0.252 e. The number of methoxy groups -OCH3 is 1. The van der Waals surface area contributed by atoms with Crippen molar-refractivity contribution in [1.82, 2.24) is 30.6 Å². The molecule has 1 atom stereocenters. The van der Waals surface area contributed by atoms with Crippen molar-refractivity contribution in [2.24, 2.45) is 7.05 Å². The molecule has 4 rings (SSSR count). The number of aryl methyl sites for hydroxylation is 1. The lowest BCUT2D eigenvalue weighted by Gasteiger charge is -2.25. The quantitative estimate of drug-likeness (QED) is 0.627. The summed E-state index contributed by atoms with van der Waals surface area (Å²) in [6.45, 7) is 0. The first-order valence-corrected chi connectivity index (χ1v) is 9.99. The standard InChI is InChI=1S/C20H20N6O2S/c1-25-20(21-23-24-25)29-13-19(27)26-18(15-8-10-16(28-2)11-9-15)12-17(22-26)14-6-4-3-5-7-14/h3-12,18,22H,13H2,1-2H3/t18-/m0/s1. The number of hydrogen-bond donors (Lipinski definition) is 1. The van der Waals surface area contributed by atoms with Gasteiger partial charge in [0.2, 0.25) is 5.16 Å². The topological polar surface area (TPSA) is 85.2 Å². The van der Waals surface area contributed by atoms with Gasteiger partial charge in [-0.05, 0) is 39.8 Å². The van der Waals surface area contributed by atoms with Gasteiger partial charge in [-0.1, -0.05) is 54.2 Å². The predicted molar refractivity (Wildman–Crippen MR) is 110 cm³/mol. The highest BCUT2D eigenvalue weighted by Gasteiger charge is 2.31. The third kappa shape index (κ3) is 4.09. The molecule has 1 aliphatic heterocycles. The molecule has 0 saturated heterocycles. The average molecular weight is 408 g/mol. The third-order valence-corrected chi connectivity index (χ3v) is 5.56. The van der Waals surface area contributed by atoms with Crippen LogP contribution in [0.3, 0.4) is 0 Å². The van der Waals surface area contributed by atoms with E-state index >= 15 is 0 Å². The van der Waals surface area contributed by atoms with Crippen molar-refractivity contribution >= 4 is 23.4 Å². The zero-order valence-electron chi connectivity index (χ0n) is 16.0. The van der Waals surface area contributed by atoms with E-state index in [9.17, 15) is 4.79 Å². The zero-order chi connectivity index (χ0) is 20.2. The lowest BCUT2D eigenvalue weighted by Crippen LogP contribution is -2.40. The lowest BCUT2D eigenvalue weighted by molar-refractivity contribution is -0.131. The second kappa shape index (κ2) is 8.36. The summed E-state index contributed by atoms with van der Waals surface area (Å²) >= 11 is 1.30. The average Bonchev–Trinajstić information content (AvgIpc) is 3.39. The zero-order valence-corrected chi connectivity index (χ0v) is 16.8. The minimum Gasteiger partial charge on any atom is -0.497 e. The maximum absolute atomic E-state index is 13.0. The first kappa shape index (κ1) is 19.0. The van der Waals surface area contributed by atoms with E-state index < -0.39 is 0 Å². The van der Waals surface area contributed by atoms with Gasteiger partial charge in [-0.15, -0.1) is 5.10 Å². The summed E-state index contributed by atoms with van der Waals surface area (Å²) in [6, 6.07) is 17.4. The largest absolute Gasteiger partial charge is 0.497 e. The molecule has 1 aromatic heterocycles. The molecular formula is C20H20N6O2S. The van der Waals surface area contributed by atoms with Crippen molar-refractivity contribution in [2.75, 3.05) is 12.9 Å². The number of hydrazine groups is 1. The fourth-order valence-corrected chi connectivity index (χ4v) is 3.76. The van der Waals surface area contributed by atoms with Crippen LogP contribution in [0, 0.1) is 0 Å². The molecule has 0 spiro atoms. The van der Waals surface area contributed by atoms with Crippen molar-refractivity contribution < 1.29 is 9.53 Å². The molecule has 0 unspecified atom stereocenters. The Kier molecular flexibility index (Phi) is 5.48. The van der Waals surface area contributed by atoms with Crippen molar-refractivity contribution in [2.45, 2.75) is 11.2 Å². The summed E-state index contributed by atoms with van der Waals surface area (Å²) in [5, 5.41) is 13.6. The number of aromatic nitrogens is 4. The van der Waals surface area contributed by atoms with Crippen molar-refractivity contribution in [3.8, 4) is 5.75 Å². The summed E-state index contributed by atoms with van der Waals surface area (Å²) in [5.74, 6) is 0.917. The molecule has 148 valence electrons. The minimum absolute atomic E-state index is 0.0685. The molecule has 2 aromatic carbocycles. The van der Waals surface area contributed by atoms with Crippen LogP contribution in [-0.2, 0) is 11.8 Å². The van der Waals surface area contributed by atoms with Gasteiger partial charge in [0, 0.05) is 7.05 Å². The highest BCUT2D eigenvalue weighted by atomic mass is 32.2. The summed E-state index contributed by atoms with van der Waals surface area (Å²) in [7, 11) is 3.38. The summed E-state index contributed by atoms with van der Waals surface area (Å²) in [6.07, 6.45) is 2.06. The van der Waals surface area contributed by atoms with E-state index in [0.29, 0.717) is 5.16 Å². The number of hydrogen-bond acceptors (Lipinski definition) is 7. The molecule has 0 saturated carbocycles. The number of rotatable bonds is 6. The molecule has 0 aliphatic carbocycles. The number of nitrogens with one attached hydrogen (secondary N) is 1. The molecule has 3 aromatic rings. The fraction of sp³-hybridized carbons (Fsp3) is 0.200. The van der Waals surface area contributed by atoms with Crippen molar-refractivity contribution in [3.63, 3.8) is 0 Å².